The second-order valence-electron chi connectivity index (χ2n) is 4.59. The van der Waals surface area contributed by atoms with Gasteiger partial charge in [0.15, 0.2) is 0 Å². The van der Waals surface area contributed by atoms with Crippen LogP contribution in [0, 0.1) is 17.0 Å². The lowest BCUT2D eigenvalue weighted by Crippen LogP contribution is -2.38. The molecule has 0 saturated heterocycles. The number of carbonyl (C=O) groups is 1. The van der Waals surface area contributed by atoms with Gasteiger partial charge in [-0.25, -0.2) is 0 Å². The molecule has 1 amide bonds. The molecule has 1 N–H and O–H groups in total. The summed E-state index contributed by atoms with van der Waals surface area (Å²) in [4.78, 5) is 23.8. The molecule has 0 radical (unpaired) electrons. The Hall–Kier alpha value is -1.82. The summed E-state index contributed by atoms with van der Waals surface area (Å²) in [7, 11) is 1.72. The number of nitrogens with one attached hydrogen (secondary N) is 1. The van der Waals surface area contributed by atoms with Gasteiger partial charge in [0.25, 0.3) is 5.69 Å². The molecule has 0 aliphatic rings. The number of hydrogen-bond donors (Lipinski definition) is 1. The van der Waals surface area contributed by atoms with Crippen LogP contribution in [0.4, 0.5) is 11.4 Å². The first-order valence-electron chi connectivity index (χ1n) is 6.24. The van der Waals surface area contributed by atoms with Gasteiger partial charge in [-0.05, 0) is 32.4 Å². The van der Waals surface area contributed by atoms with Crippen LogP contribution in [0.15, 0.2) is 12.1 Å². The fraction of sp³-hybridized carbons (Fsp3) is 0.462. The highest BCUT2D eigenvalue weighted by Gasteiger charge is 2.19. The van der Waals surface area contributed by atoms with E-state index in [0.29, 0.717) is 17.8 Å². The first-order chi connectivity index (χ1) is 9.27. The van der Waals surface area contributed by atoms with Crippen molar-refractivity contribution in [3.8, 4) is 0 Å². The van der Waals surface area contributed by atoms with E-state index in [1.165, 1.54) is 12.1 Å². The van der Waals surface area contributed by atoms with Gasteiger partial charge in [-0.3, -0.25) is 14.9 Å². The van der Waals surface area contributed by atoms with E-state index < -0.39 is 11.0 Å². The van der Waals surface area contributed by atoms with Crippen molar-refractivity contribution < 1.29 is 9.72 Å². The van der Waals surface area contributed by atoms with Crippen LogP contribution in [0.2, 0.25) is 5.02 Å². The van der Waals surface area contributed by atoms with Crippen LogP contribution >= 0.6 is 11.6 Å². The van der Waals surface area contributed by atoms with Gasteiger partial charge < -0.3 is 10.2 Å². The maximum Gasteiger partial charge on any atom is 0.288 e. The van der Waals surface area contributed by atoms with Crippen molar-refractivity contribution in [2.24, 2.45) is 0 Å². The number of hydrogen-bond acceptors (Lipinski definition) is 4. The summed E-state index contributed by atoms with van der Waals surface area (Å²) in [5.74, 6) is -0.0543. The number of amides is 1. The molecule has 1 unspecified atom stereocenters. The minimum atomic E-state index is -0.529. The molecule has 0 aromatic heterocycles. The van der Waals surface area contributed by atoms with Crippen molar-refractivity contribution >= 4 is 28.9 Å². The first-order valence-corrected chi connectivity index (χ1v) is 6.61. The molecular formula is C13H18ClN3O3. The molecule has 1 atom stereocenters. The topological polar surface area (TPSA) is 75.5 Å². The highest BCUT2D eigenvalue weighted by Crippen LogP contribution is 2.30. The number of rotatable bonds is 5. The van der Waals surface area contributed by atoms with E-state index in [-0.39, 0.29) is 16.6 Å². The van der Waals surface area contributed by atoms with Crippen molar-refractivity contribution in [1.29, 1.82) is 0 Å². The van der Waals surface area contributed by atoms with Crippen LogP contribution in [-0.2, 0) is 4.79 Å². The molecular weight excluding hydrogens is 282 g/mol. The first kappa shape index (κ1) is 16.2. The molecule has 0 heterocycles. The fourth-order valence-electron chi connectivity index (χ4n) is 1.74. The van der Waals surface area contributed by atoms with Crippen molar-refractivity contribution in [2.75, 3.05) is 18.9 Å². The summed E-state index contributed by atoms with van der Waals surface area (Å²) in [6.45, 7) is 5.97. The Morgan fingerprint density at radius 1 is 1.55 bits per heavy atom. The third-order valence-electron chi connectivity index (χ3n) is 3.08. The van der Waals surface area contributed by atoms with Crippen LogP contribution in [0.25, 0.3) is 0 Å². The standard InChI is InChI=1S/C13H18ClN3O3/c1-5-16(4)13(18)9(3)15-11-7-10(14)12(17(19)20)6-8(11)2/h6-7,9,15H,5H2,1-4H3. The highest BCUT2D eigenvalue weighted by molar-refractivity contribution is 6.33. The summed E-state index contributed by atoms with van der Waals surface area (Å²) in [5, 5.41) is 13.9. The monoisotopic (exact) mass is 299 g/mol. The molecule has 1 aromatic carbocycles. The number of likely N-dealkylation sites (N-methyl/N-ethyl adjacent to an activating group) is 1. The molecule has 7 heteroatoms. The third kappa shape index (κ3) is 3.60. The molecule has 20 heavy (non-hydrogen) atoms. The number of nitro groups is 1. The van der Waals surface area contributed by atoms with E-state index in [4.69, 9.17) is 11.6 Å². The Kier molecular flexibility index (Phi) is 5.33. The predicted molar refractivity (Wildman–Crippen MR) is 79.2 cm³/mol. The number of carbonyl (C=O) groups excluding carboxylic acids is 1. The average molecular weight is 300 g/mol. The van der Waals surface area contributed by atoms with Gasteiger partial charge >= 0.3 is 0 Å². The smallest absolute Gasteiger partial charge is 0.288 e. The number of nitro benzene ring substituents is 1. The van der Waals surface area contributed by atoms with Gasteiger partial charge in [-0.15, -0.1) is 0 Å². The Labute approximate surface area is 122 Å². The van der Waals surface area contributed by atoms with Crippen LogP contribution in [0.5, 0.6) is 0 Å². The molecule has 0 fully saturated rings. The van der Waals surface area contributed by atoms with Gasteiger partial charge in [0.1, 0.15) is 11.1 Å². The third-order valence-corrected chi connectivity index (χ3v) is 3.39. The SMILES string of the molecule is CCN(C)C(=O)C(C)Nc1cc(Cl)c([N+](=O)[O-])cc1C. The minimum Gasteiger partial charge on any atom is -0.374 e. The fourth-order valence-corrected chi connectivity index (χ4v) is 1.98. The minimum absolute atomic E-state index is 0.0478. The molecule has 0 bridgehead atoms. The number of benzene rings is 1. The van der Waals surface area contributed by atoms with Crippen LogP contribution in [-0.4, -0.2) is 35.4 Å². The second kappa shape index (κ2) is 6.56. The summed E-state index contributed by atoms with van der Waals surface area (Å²) in [6, 6.07) is 2.44. The van der Waals surface area contributed by atoms with E-state index in [1.807, 2.05) is 6.92 Å². The molecule has 110 valence electrons. The zero-order chi connectivity index (χ0) is 15.4. The summed E-state index contributed by atoms with van der Waals surface area (Å²) in [6.07, 6.45) is 0. The van der Waals surface area contributed by atoms with Crippen molar-refractivity contribution in [3.63, 3.8) is 0 Å². The van der Waals surface area contributed by atoms with Crippen molar-refractivity contribution in [2.45, 2.75) is 26.8 Å². The molecule has 1 rings (SSSR count). The van der Waals surface area contributed by atoms with E-state index in [0.717, 1.165) is 0 Å². The van der Waals surface area contributed by atoms with Crippen LogP contribution < -0.4 is 5.32 Å². The van der Waals surface area contributed by atoms with Gasteiger partial charge in [0, 0.05) is 25.3 Å². The normalized spacial score (nSPS) is 11.8. The van der Waals surface area contributed by atoms with Crippen molar-refractivity contribution in [3.05, 3.63) is 32.8 Å². The van der Waals surface area contributed by atoms with Gasteiger partial charge in [-0.1, -0.05) is 11.6 Å². The molecule has 0 spiro atoms. The number of aryl methyl sites for hydroxylation is 1. The van der Waals surface area contributed by atoms with Gasteiger partial charge in [0.05, 0.1) is 4.92 Å². The Balaban J connectivity index is 2.96. The van der Waals surface area contributed by atoms with Crippen LogP contribution in [0.1, 0.15) is 19.4 Å². The zero-order valence-corrected chi connectivity index (χ0v) is 12.7. The maximum absolute atomic E-state index is 12.0. The van der Waals surface area contributed by atoms with E-state index in [1.54, 1.807) is 25.8 Å². The number of anilines is 1. The molecule has 1 aromatic rings. The molecule has 0 saturated carbocycles. The quantitative estimate of drug-likeness (QED) is 0.670. The number of nitrogens with zero attached hydrogens (tertiary/aromatic N) is 2. The van der Waals surface area contributed by atoms with Gasteiger partial charge in [-0.2, -0.15) is 0 Å². The lowest BCUT2D eigenvalue weighted by molar-refractivity contribution is -0.384. The largest absolute Gasteiger partial charge is 0.374 e. The second-order valence-corrected chi connectivity index (χ2v) is 5.00. The average Bonchev–Trinajstić information content (AvgIpc) is 2.40. The van der Waals surface area contributed by atoms with E-state index in [9.17, 15) is 14.9 Å². The molecule has 0 aliphatic carbocycles. The van der Waals surface area contributed by atoms with Crippen LogP contribution in [0.3, 0.4) is 0 Å². The highest BCUT2D eigenvalue weighted by atomic mass is 35.5. The summed E-state index contributed by atoms with van der Waals surface area (Å²) < 4.78 is 0. The van der Waals surface area contributed by atoms with Gasteiger partial charge in [0.2, 0.25) is 5.91 Å². The van der Waals surface area contributed by atoms with E-state index in [2.05, 4.69) is 5.32 Å². The summed E-state index contributed by atoms with van der Waals surface area (Å²) >= 11 is 5.87. The molecule has 0 aliphatic heterocycles. The lowest BCUT2D eigenvalue weighted by Gasteiger charge is -2.22. The number of halogens is 1. The maximum atomic E-state index is 12.0. The summed E-state index contributed by atoms with van der Waals surface area (Å²) in [5.41, 5.74) is 1.14. The lowest BCUT2D eigenvalue weighted by atomic mass is 10.1. The predicted octanol–water partition coefficient (Wildman–Crippen LogP) is 2.84. The Morgan fingerprint density at radius 2 is 2.15 bits per heavy atom. The molecule has 6 nitrogen and oxygen atoms in total. The Morgan fingerprint density at radius 3 is 2.65 bits per heavy atom. The van der Waals surface area contributed by atoms with Crippen molar-refractivity contribution in [1.82, 2.24) is 4.90 Å². The Bertz CT molecular complexity index is 534. The zero-order valence-electron chi connectivity index (χ0n) is 11.9. The van der Waals surface area contributed by atoms with E-state index >= 15 is 0 Å².